The van der Waals surface area contributed by atoms with Crippen LogP contribution in [0.4, 0.5) is 0 Å². The maximum atomic E-state index is 11.8. The van der Waals surface area contributed by atoms with E-state index >= 15 is 0 Å². The molecule has 146 valence electrons. The number of hydrogen-bond donors (Lipinski definition) is 3. The van der Waals surface area contributed by atoms with Crippen LogP contribution in [-0.4, -0.2) is 51.8 Å². The van der Waals surface area contributed by atoms with Gasteiger partial charge >= 0.3 is 0 Å². The topological polar surface area (TPSA) is 74.8 Å². The Morgan fingerprint density at radius 1 is 1.31 bits per heavy atom. The number of aliphatic imine (C=N–C) groups is 1. The summed E-state index contributed by atoms with van der Waals surface area (Å²) >= 11 is 3.54. The molecule has 1 aromatic rings. The largest absolute Gasteiger partial charge is 0.383 e. The average molecular weight is 539 g/mol. The van der Waals surface area contributed by atoms with E-state index in [1.165, 1.54) is 5.56 Å². The van der Waals surface area contributed by atoms with Crippen LogP contribution in [0.25, 0.3) is 0 Å². The van der Waals surface area contributed by atoms with Gasteiger partial charge in [-0.05, 0) is 37.5 Å². The van der Waals surface area contributed by atoms with Gasteiger partial charge in [0.2, 0.25) is 5.91 Å². The van der Waals surface area contributed by atoms with Gasteiger partial charge in [-0.2, -0.15) is 0 Å². The van der Waals surface area contributed by atoms with E-state index in [1.54, 1.807) is 7.11 Å². The van der Waals surface area contributed by atoms with Crippen LogP contribution in [-0.2, 0) is 14.9 Å². The quantitative estimate of drug-likeness (QED) is 0.195. The monoisotopic (exact) mass is 538 g/mol. The van der Waals surface area contributed by atoms with Crippen molar-refractivity contribution in [2.24, 2.45) is 4.99 Å². The molecule has 0 spiro atoms. The molecule has 2 rings (SSSR count). The summed E-state index contributed by atoms with van der Waals surface area (Å²) < 4.78 is 6.01. The molecule has 0 saturated heterocycles. The number of halogens is 2. The van der Waals surface area contributed by atoms with E-state index in [2.05, 4.69) is 55.1 Å². The number of benzene rings is 1. The average Bonchev–Trinajstić information content (AvgIpc) is 3.39. The maximum absolute atomic E-state index is 11.8. The summed E-state index contributed by atoms with van der Waals surface area (Å²) in [6.07, 6.45) is 2.32. The highest BCUT2D eigenvalue weighted by molar-refractivity contribution is 14.0. The number of amides is 1. The fourth-order valence-corrected chi connectivity index (χ4v) is 3.03. The summed E-state index contributed by atoms with van der Waals surface area (Å²) in [5, 5.41) is 9.34. The first-order chi connectivity index (χ1) is 12.1. The third-order valence-corrected chi connectivity index (χ3v) is 4.73. The summed E-state index contributed by atoms with van der Waals surface area (Å²) in [6, 6.07) is 8.47. The van der Waals surface area contributed by atoms with Crippen LogP contribution in [0.15, 0.2) is 33.7 Å². The van der Waals surface area contributed by atoms with Crippen molar-refractivity contribution >= 4 is 51.8 Å². The van der Waals surface area contributed by atoms with Crippen molar-refractivity contribution in [1.82, 2.24) is 16.0 Å². The zero-order chi connectivity index (χ0) is 18.1. The molecule has 0 atom stereocenters. The Morgan fingerprint density at radius 2 is 2.08 bits per heavy atom. The molecule has 1 fully saturated rings. The van der Waals surface area contributed by atoms with E-state index in [0.29, 0.717) is 19.1 Å². The molecule has 1 aromatic carbocycles. The Morgan fingerprint density at radius 3 is 2.69 bits per heavy atom. The number of nitrogens with zero attached hydrogens (tertiary/aromatic N) is 1. The highest BCUT2D eigenvalue weighted by atomic mass is 127. The van der Waals surface area contributed by atoms with Gasteiger partial charge in [0, 0.05) is 36.6 Å². The first kappa shape index (κ1) is 23.2. The Kier molecular flexibility index (Phi) is 10.5. The van der Waals surface area contributed by atoms with Gasteiger partial charge in [0.1, 0.15) is 6.54 Å². The van der Waals surface area contributed by atoms with Crippen LogP contribution in [0.1, 0.15) is 25.3 Å². The molecule has 1 aliphatic carbocycles. The van der Waals surface area contributed by atoms with Gasteiger partial charge in [0.15, 0.2) is 5.96 Å². The fourth-order valence-electron chi connectivity index (χ4n) is 2.63. The molecule has 1 amide bonds. The minimum Gasteiger partial charge on any atom is -0.383 e. The molecule has 0 unspecified atom stereocenters. The van der Waals surface area contributed by atoms with Crippen LogP contribution < -0.4 is 16.0 Å². The Bertz CT molecular complexity index is 609. The Hall–Kier alpha value is -0.870. The molecule has 26 heavy (non-hydrogen) atoms. The first-order valence-corrected chi connectivity index (χ1v) is 9.43. The lowest BCUT2D eigenvalue weighted by Crippen LogP contribution is -2.42. The summed E-state index contributed by atoms with van der Waals surface area (Å²) in [6.45, 7) is 4.67. The molecular weight excluding hydrogens is 511 g/mol. The summed E-state index contributed by atoms with van der Waals surface area (Å²) in [5.74, 6) is 0.563. The molecule has 0 bridgehead atoms. The van der Waals surface area contributed by atoms with Crippen LogP contribution in [0, 0.1) is 0 Å². The van der Waals surface area contributed by atoms with Gasteiger partial charge in [0.25, 0.3) is 0 Å². The third-order valence-electron chi connectivity index (χ3n) is 4.24. The van der Waals surface area contributed by atoms with Crippen molar-refractivity contribution in [3.8, 4) is 0 Å². The molecule has 0 radical (unpaired) electrons. The number of ether oxygens (including phenoxy) is 1. The lowest BCUT2D eigenvalue weighted by atomic mass is 9.96. The highest BCUT2D eigenvalue weighted by Crippen LogP contribution is 2.48. The van der Waals surface area contributed by atoms with Gasteiger partial charge in [-0.25, -0.2) is 4.99 Å². The third kappa shape index (κ3) is 7.40. The van der Waals surface area contributed by atoms with Crippen molar-refractivity contribution in [1.29, 1.82) is 0 Å². The lowest BCUT2D eigenvalue weighted by Gasteiger charge is -2.19. The molecule has 0 heterocycles. The Labute approximate surface area is 181 Å². The molecule has 1 aliphatic rings. The summed E-state index contributed by atoms with van der Waals surface area (Å²) in [7, 11) is 1.61. The molecule has 6 nitrogen and oxygen atoms in total. The first-order valence-electron chi connectivity index (χ1n) is 8.63. The number of carbonyl (C=O) groups excluding carboxylic acids is 1. The second kappa shape index (κ2) is 11.8. The van der Waals surface area contributed by atoms with Crippen LogP contribution in [0.2, 0.25) is 0 Å². The second-order valence-corrected chi connectivity index (χ2v) is 7.10. The number of hydrogen-bond acceptors (Lipinski definition) is 3. The molecular formula is C18H28BrIN4O2. The second-order valence-electron chi connectivity index (χ2n) is 6.18. The SMILES string of the molecule is CCNC(=NCC(=O)NCCOC)NCC1(c2cccc(Br)c2)CC1.I. The smallest absolute Gasteiger partial charge is 0.241 e. The van der Waals surface area contributed by atoms with Gasteiger partial charge in [-0.15, -0.1) is 24.0 Å². The van der Waals surface area contributed by atoms with Crippen molar-refractivity contribution < 1.29 is 9.53 Å². The normalized spacial score (nSPS) is 15.0. The van der Waals surface area contributed by atoms with Crippen LogP contribution >= 0.6 is 39.9 Å². The predicted molar refractivity (Wildman–Crippen MR) is 119 cm³/mol. The highest BCUT2D eigenvalue weighted by Gasteiger charge is 2.44. The van der Waals surface area contributed by atoms with Gasteiger partial charge in [-0.3, -0.25) is 4.79 Å². The van der Waals surface area contributed by atoms with Crippen molar-refractivity contribution in [3.63, 3.8) is 0 Å². The van der Waals surface area contributed by atoms with E-state index in [4.69, 9.17) is 4.74 Å². The van der Waals surface area contributed by atoms with E-state index in [9.17, 15) is 4.79 Å². The fraction of sp³-hybridized carbons (Fsp3) is 0.556. The van der Waals surface area contributed by atoms with Gasteiger partial charge < -0.3 is 20.7 Å². The molecule has 3 N–H and O–H groups in total. The number of guanidine groups is 1. The standard InChI is InChI=1S/C18H27BrN4O2.HI/c1-3-20-17(22-12-16(24)21-9-10-25-2)23-13-18(7-8-18)14-5-4-6-15(19)11-14;/h4-6,11H,3,7-10,12-13H2,1-2H3,(H,21,24)(H2,20,22,23);1H. The van der Waals surface area contributed by atoms with E-state index in [0.717, 1.165) is 30.4 Å². The van der Waals surface area contributed by atoms with Crippen molar-refractivity contribution in [2.75, 3.05) is 39.9 Å². The van der Waals surface area contributed by atoms with E-state index in [-0.39, 0.29) is 41.8 Å². The maximum Gasteiger partial charge on any atom is 0.241 e. The molecule has 1 saturated carbocycles. The zero-order valence-corrected chi connectivity index (χ0v) is 19.2. The minimum absolute atomic E-state index is 0. The number of carbonyl (C=O) groups is 1. The van der Waals surface area contributed by atoms with Crippen LogP contribution in [0.5, 0.6) is 0 Å². The van der Waals surface area contributed by atoms with Crippen molar-refractivity contribution in [3.05, 3.63) is 34.3 Å². The van der Waals surface area contributed by atoms with E-state index < -0.39 is 0 Å². The molecule has 0 aromatic heterocycles. The van der Waals surface area contributed by atoms with Crippen molar-refractivity contribution in [2.45, 2.75) is 25.2 Å². The molecule has 8 heteroatoms. The zero-order valence-electron chi connectivity index (χ0n) is 15.3. The molecule has 0 aliphatic heterocycles. The van der Waals surface area contributed by atoms with Gasteiger partial charge in [-0.1, -0.05) is 28.1 Å². The lowest BCUT2D eigenvalue weighted by molar-refractivity contribution is -0.119. The number of nitrogens with one attached hydrogen (secondary N) is 3. The summed E-state index contributed by atoms with van der Waals surface area (Å²) in [5.41, 5.74) is 1.50. The minimum atomic E-state index is -0.109. The van der Waals surface area contributed by atoms with E-state index in [1.807, 2.05) is 13.0 Å². The summed E-state index contributed by atoms with van der Waals surface area (Å²) in [4.78, 5) is 16.1. The number of methoxy groups -OCH3 is 1. The predicted octanol–water partition coefficient (Wildman–Crippen LogP) is 2.42. The van der Waals surface area contributed by atoms with Gasteiger partial charge in [0.05, 0.1) is 6.61 Å². The Balaban J connectivity index is 0.00000338. The van der Waals surface area contributed by atoms with Crippen LogP contribution in [0.3, 0.4) is 0 Å². The number of rotatable bonds is 9.